The molecule has 2 aromatic carbocycles. The van der Waals surface area contributed by atoms with E-state index in [4.69, 9.17) is 23.7 Å². The zero-order valence-electron chi connectivity index (χ0n) is 23.8. The predicted octanol–water partition coefficient (Wildman–Crippen LogP) is -0.533. The highest BCUT2D eigenvalue weighted by Crippen LogP contribution is 2.74. The van der Waals surface area contributed by atoms with E-state index in [0.29, 0.717) is 0 Å². The van der Waals surface area contributed by atoms with Gasteiger partial charge in [0.2, 0.25) is 0 Å². The summed E-state index contributed by atoms with van der Waals surface area (Å²) in [6, 6.07) is 9.73. The number of rotatable bonds is 8. The summed E-state index contributed by atoms with van der Waals surface area (Å²) < 4.78 is 29.1. The van der Waals surface area contributed by atoms with E-state index >= 15 is 0 Å². The van der Waals surface area contributed by atoms with Crippen molar-refractivity contribution in [1.29, 1.82) is 0 Å². The van der Waals surface area contributed by atoms with Gasteiger partial charge in [0.1, 0.15) is 53.7 Å². The largest absolute Gasteiger partial charge is 0.504 e. The van der Waals surface area contributed by atoms with Crippen molar-refractivity contribution in [2.75, 3.05) is 13.2 Å². The van der Waals surface area contributed by atoms with Gasteiger partial charge in [-0.15, -0.1) is 0 Å². The fourth-order valence-electron chi connectivity index (χ4n) is 7.21. The molecule has 7 N–H and O–H groups in total. The molecular formula is C30H32O15. The molecule has 2 aromatic rings. The molecule has 2 heterocycles. The average molecular weight is 633 g/mol. The normalized spacial score (nSPS) is 38.2. The average Bonchev–Trinajstić information content (AvgIpc) is 3.07. The van der Waals surface area contributed by atoms with E-state index in [1.807, 2.05) is 0 Å². The summed E-state index contributed by atoms with van der Waals surface area (Å²) >= 11 is 0. The number of fused-ring (bicyclic) bond motifs is 1. The maximum Gasteiger partial charge on any atom is 0.338 e. The van der Waals surface area contributed by atoms with Crippen molar-refractivity contribution in [3.63, 3.8) is 0 Å². The van der Waals surface area contributed by atoms with Crippen molar-refractivity contribution < 1.29 is 73.8 Å². The highest BCUT2D eigenvalue weighted by atomic mass is 16.7. The van der Waals surface area contributed by atoms with Crippen molar-refractivity contribution in [2.45, 2.75) is 67.8 Å². The highest BCUT2D eigenvalue weighted by molar-refractivity contribution is 5.92. The van der Waals surface area contributed by atoms with Gasteiger partial charge in [-0.1, -0.05) is 18.2 Å². The maximum atomic E-state index is 13.8. The Labute approximate surface area is 255 Å². The van der Waals surface area contributed by atoms with Crippen LogP contribution in [0.3, 0.4) is 0 Å². The van der Waals surface area contributed by atoms with Gasteiger partial charge in [0.15, 0.2) is 23.5 Å². The van der Waals surface area contributed by atoms with Crippen LogP contribution in [0.5, 0.6) is 17.2 Å². The van der Waals surface area contributed by atoms with Crippen LogP contribution in [0, 0.1) is 11.3 Å². The molecule has 4 bridgehead atoms. The molecule has 45 heavy (non-hydrogen) atoms. The van der Waals surface area contributed by atoms with Gasteiger partial charge in [-0.3, -0.25) is 4.79 Å². The van der Waals surface area contributed by atoms with Crippen LogP contribution >= 0.6 is 0 Å². The molecule has 242 valence electrons. The maximum absolute atomic E-state index is 13.8. The summed E-state index contributed by atoms with van der Waals surface area (Å²) in [5, 5.41) is 70.5. The van der Waals surface area contributed by atoms with Crippen molar-refractivity contribution in [3.05, 3.63) is 53.6 Å². The number of aromatic hydroxyl groups is 3. The molecule has 10 atom stereocenters. The Bertz CT molecular complexity index is 1490. The van der Waals surface area contributed by atoms with E-state index in [9.17, 15) is 50.1 Å². The molecular weight excluding hydrogens is 600 g/mol. The number of aliphatic hydroxyl groups excluding tert-OH is 4. The molecule has 0 amide bonds. The molecule has 2 aliphatic heterocycles. The number of esters is 3. The second kappa shape index (κ2) is 10.8. The Morgan fingerprint density at radius 3 is 2.24 bits per heavy atom. The summed E-state index contributed by atoms with van der Waals surface area (Å²) in [4.78, 5) is 39.9. The molecule has 3 aliphatic carbocycles. The fourth-order valence-corrected chi connectivity index (χ4v) is 7.21. The van der Waals surface area contributed by atoms with E-state index in [1.165, 1.54) is 19.1 Å². The Balaban J connectivity index is 1.34. The van der Waals surface area contributed by atoms with Crippen LogP contribution in [0.15, 0.2) is 42.5 Å². The Morgan fingerprint density at radius 2 is 1.60 bits per heavy atom. The first-order valence-electron chi connectivity index (χ1n) is 14.2. The van der Waals surface area contributed by atoms with Crippen molar-refractivity contribution in [2.24, 2.45) is 11.3 Å². The van der Waals surface area contributed by atoms with Gasteiger partial charge in [0.25, 0.3) is 0 Å². The minimum absolute atomic E-state index is 0.0445. The van der Waals surface area contributed by atoms with Crippen LogP contribution < -0.4 is 0 Å². The Kier molecular flexibility index (Phi) is 7.46. The lowest BCUT2D eigenvalue weighted by Gasteiger charge is -2.66. The molecule has 2 saturated heterocycles. The number of phenols is 3. The number of ether oxygens (including phenoxy) is 5. The van der Waals surface area contributed by atoms with Gasteiger partial charge >= 0.3 is 17.9 Å². The van der Waals surface area contributed by atoms with Crippen LogP contribution in [0.4, 0.5) is 0 Å². The molecule has 15 heteroatoms. The fraction of sp³-hybridized carbons (Fsp3) is 0.500. The van der Waals surface area contributed by atoms with E-state index in [0.717, 1.165) is 12.1 Å². The third-order valence-corrected chi connectivity index (χ3v) is 9.61. The lowest BCUT2D eigenvalue weighted by Crippen LogP contribution is -2.80. The molecule has 15 nitrogen and oxygen atoms in total. The van der Waals surface area contributed by atoms with Crippen molar-refractivity contribution >= 4 is 17.9 Å². The number of phenolic OH excluding ortho intramolecular Hbond substituents is 3. The first-order chi connectivity index (χ1) is 21.3. The molecule has 5 fully saturated rings. The number of hydrogen-bond donors (Lipinski definition) is 7. The third kappa shape index (κ3) is 4.45. The summed E-state index contributed by atoms with van der Waals surface area (Å²) in [5.74, 6) is -5.87. The van der Waals surface area contributed by atoms with Crippen LogP contribution in [0.25, 0.3) is 0 Å². The smallest absolute Gasteiger partial charge is 0.338 e. The molecule has 7 rings (SSSR count). The topological polar surface area (TPSA) is 239 Å². The molecule has 0 spiro atoms. The highest BCUT2D eigenvalue weighted by Gasteiger charge is 2.89. The zero-order chi connectivity index (χ0) is 32.5. The lowest BCUT2D eigenvalue weighted by molar-refractivity contribution is -0.393. The van der Waals surface area contributed by atoms with Crippen molar-refractivity contribution in [1.82, 2.24) is 0 Å². The summed E-state index contributed by atoms with van der Waals surface area (Å²) in [7, 11) is 0. The number of carbonyl (C=O) groups is 3. The van der Waals surface area contributed by atoms with Crippen LogP contribution in [0.1, 0.15) is 40.5 Å². The first kappa shape index (κ1) is 31.0. The third-order valence-electron chi connectivity index (χ3n) is 9.61. The minimum atomic E-state index is -1.82. The number of aliphatic hydroxyl groups is 4. The van der Waals surface area contributed by atoms with E-state index in [1.54, 1.807) is 18.2 Å². The molecule has 0 unspecified atom stereocenters. The Hall–Kier alpha value is -3.99. The van der Waals surface area contributed by atoms with Gasteiger partial charge in [-0.25, -0.2) is 9.59 Å². The van der Waals surface area contributed by atoms with Gasteiger partial charge in [0.05, 0.1) is 17.7 Å². The van der Waals surface area contributed by atoms with Crippen LogP contribution in [-0.2, 0) is 28.5 Å². The van der Waals surface area contributed by atoms with Gasteiger partial charge in [0, 0.05) is 12.3 Å². The SMILES string of the molecule is C[C@]12C[C@@H](OC(=O)c3cc(O)c(O)c(O)c3)[C@@H]3C[C@@]1(O[C@@H]1O[C@H](CO)[C@@H](O)[C@H](O)[C@H]1O)[C@@]3(COC(=O)c1ccccc1)C(=O)O2. The molecule has 5 aliphatic rings. The molecule has 0 aromatic heterocycles. The van der Waals surface area contributed by atoms with Crippen LogP contribution in [0.2, 0.25) is 0 Å². The van der Waals surface area contributed by atoms with Gasteiger partial charge in [-0.05, 0) is 37.6 Å². The number of hydrogen-bond acceptors (Lipinski definition) is 15. The minimum Gasteiger partial charge on any atom is -0.504 e. The molecule has 3 saturated carbocycles. The van der Waals surface area contributed by atoms with E-state index in [-0.39, 0.29) is 24.0 Å². The Morgan fingerprint density at radius 1 is 0.933 bits per heavy atom. The standard InChI is InChI=1S/C30H32O15/c1-28-10-18(42-25(39)14-7-16(32)20(34)17(33)8-14)15-9-30(28,44-26-23(37)22(36)21(35)19(11-31)43-26)29(15,27(40)45-28)12-41-24(38)13-5-3-2-4-6-13/h2-8,15,18-19,21-23,26,31-37H,9-12H2,1H3/t15-,18+,19+,21+,22-,23+,26-,28-,29+,30-/m0/s1. The second-order valence-corrected chi connectivity index (χ2v) is 12.0. The van der Waals surface area contributed by atoms with E-state index in [2.05, 4.69) is 0 Å². The summed E-state index contributed by atoms with van der Waals surface area (Å²) in [6.07, 6.45) is -9.49. The lowest BCUT2D eigenvalue weighted by atomic mass is 9.40. The van der Waals surface area contributed by atoms with E-state index < -0.39 is 108 Å². The predicted molar refractivity (Wildman–Crippen MR) is 145 cm³/mol. The van der Waals surface area contributed by atoms with Gasteiger partial charge < -0.3 is 59.4 Å². The van der Waals surface area contributed by atoms with Crippen LogP contribution in [-0.4, -0.2) is 115 Å². The number of carbonyl (C=O) groups excluding carboxylic acids is 3. The monoisotopic (exact) mass is 632 g/mol. The quantitative estimate of drug-likeness (QED) is 0.110. The van der Waals surface area contributed by atoms with Gasteiger partial charge in [-0.2, -0.15) is 0 Å². The first-order valence-corrected chi connectivity index (χ1v) is 14.2. The summed E-state index contributed by atoms with van der Waals surface area (Å²) in [6.45, 7) is 0.170. The zero-order valence-corrected chi connectivity index (χ0v) is 23.8. The second-order valence-electron chi connectivity index (χ2n) is 12.0. The van der Waals surface area contributed by atoms with Crippen molar-refractivity contribution in [3.8, 4) is 17.2 Å². The summed E-state index contributed by atoms with van der Waals surface area (Å²) in [5.41, 5.74) is -5.17. The number of benzene rings is 2. The molecule has 0 radical (unpaired) electrons.